The summed E-state index contributed by atoms with van der Waals surface area (Å²) in [6.45, 7) is 1.78. The predicted molar refractivity (Wildman–Crippen MR) is 23.0 cm³/mol. The van der Waals surface area contributed by atoms with Gasteiger partial charge in [-0.1, -0.05) is 10.6 Å². The molecule has 0 aliphatic carbocycles. The van der Waals surface area contributed by atoms with Gasteiger partial charge in [0.25, 0.3) is 0 Å². The van der Waals surface area contributed by atoms with Crippen LogP contribution in [-0.4, -0.2) is 11.8 Å². The van der Waals surface area contributed by atoms with Crippen molar-refractivity contribution in [3.05, 3.63) is 11.0 Å². The van der Waals surface area contributed by atoms with Gasteiger partial charge < -0.3 is 11.0 Å². The molecule has 6 nitrogen and oxygen atoms in total. The SMILES string of the molecule is CCO[NH+]([O-])[NH+]([NH-])O. The Balaban J connectivity index is 3.17. The highest BCUT2D eigenvalue weighted by Gasteiger charge is 1.96. The Hall–Kier alpha value is -0.240. The van der Waals surface area contributed by atoms with Gasteiger partial charge in [-0.2, -0.15) is 10.0 Å². The van der Waals surface area contributed by atoms with Crippen LogP contribution in [0.3, 0.4) is 0 Å². The van der Waals surface area contributed by atoms with Crippen LogP contribution < -0.4 is 10.6 Å². The number of rotatable bonds is 3. The Labute approximate surface area is 46.5 Å². The van der Waals surface area contributed by atoms with Crippen molar-refractivity contribution < 1.29 is 20.7 Å². The van der Waals surface area contributed by atoms with E-state index >= 15 is 0 Å². The molecular formula is C2H9N3O3. The first kappa shape index (κ1) is 7.76. The van der Waals surface area contributed by atoms with Crippen molar-refractivity contribution >= 4 is 0 Å². The molecule has 8 heavy (non-hydrogen) atoms. The van der Waals surface area contributed by atoms with E-state index < -0.39 is 10.6 Å². The second-order valence-corrected chi connectivity index (χ2v) is 1.07. The smallest absolute Gasteiger partial charge is 0.111 e. The predicted octanol–water partition coefficient (Wildman–Crippen LogP) is -2.52. The summed E-state index contributed by atoms with van der Waals surface area (Å²) in [6, 6.07) is 0. The Morgan fingerprint density at radius 3 is 2.50 bits per heavy atom. The van der Waals surface area contributed by atoms with Crippen molar-refractivity contribution in [2.75, 3.05) is 6.61 Å². The van der Waals surface area contributed by atoms with Gasteiger partial charge in [-0.3, -0.25) is 0 Å². The second-order valence-electron chi connectivity index (χ2n) is 1.07. The summed E-state index contributed by atoms with van der Waals surface area (Å²) >= 11 is 0. The molecule has 0 aromatic rings. The molecule has 0 amide bonds. The van der Waals surface area contributed by atoms with Crippen molar-refractivity contribution in [1.82, 2.24) is 0 Å². The molecule has 4 N–H and O–H groups in total. The Kier molecular flexibility index (Phi) is 3.61. The topological polar surface area (TPSA) is 85.2 Å². The number of nitrogens with one attached hydrogen (secondary N) is 3. The molecule has 0 aliphatic rings. The lowest BCUT2D eigenvalue weighted by molar-refractivity contribution is -1.61. The average Bonchev–Trinajstić information content (AvgIpc) is 1.67. The van der Waals surface area contributed by atoms with Crippen LogP contribution in [0.15, 0.2) is 0 Å². The summed E-state index contributed by atoms with van der Waals surface area (Å²) in [5.74, 6) is 6.28. The lowest BCUT2D eigenvalue weighted by atomic mass is 10.9. The third kappa shape index (κ3) is 2.86. The van der Waals surface area contributed by atoms with Gasteiger partial charge in [0.2, 0.25) is 0 Å². The zero-order chi connectivity index (χ0) is 6.57. The van der Waals surface area contributed by atoms with Crippen LogP contribution in [0.1, 0.15) is 6.92 Å². The molecule has 6 heteroatoms. The zero-order valence-electron chi connectivity index (χ0n) is 4.47. The Morgan fingerprint density at radius 2 is 2.38 bits per heavy atom. The Bertz CT molecular complexity index is 58.5. The van der Waals surface area contributed by atoms with Crippen molar-refractivity contribution in [2.24, 2.45) is 0 Å². The molecular weight excluding hydrogens is 114 g/mol. The molecule has 2 atom stereocenters. The van der Waals surface area contributed by atoms with Crippen LogP contribution >= 0.6 is 0 Å². The van der Waals surface area contributed by atoms with Gasteiger partial charge in [0.1, 0.15) is 6.61 Å². The van der Waals surface area contributed by atoms with E-state index in [1.807, 2.05) is 0 Å². The molecule has 0 rings (SSSR count). The first-order valence-electron chi connectivity index (χ1n) is 2.13. The zero-order valence-corrected chi connectivity index (χ0v) is 4.47. The van der Waals surface area contributed by atoms with Crippen LogP contribution in [0.25, 0.3) is 5.84 Å². The minimum atomic E-state index is -1.05. The molecule has 0 heterocycles. The van der Waals surface area contributed by atoms with E-state index in [1.165, 1.54) is 0 Å². The van der Waals surface area contributed by atoms with Crippen molar-refractivity contribution in [2.45, 2.75) is 6.92 Å². The number of quaternary nitrogens is 2. The molecule has 0 aliphatic heterocycles. The monoisotopic (exact) mass is 123 g/mol. The highest BCUT2D eigenvalue weighted by molar-refractivity contribution is 3.92. The standard InChI is InChI=1S/C2H9N3O3/c1-2-8-5(7)4(3)6/h3-6H,2H2,1H3. The van der Waals surface area contributed by atoms with E-state index in [0.29, 0.717) is 0 Å². The quantitative estimate of drug-likeness (QED) is 0.362. The minimum absolute atomic E-state index is 0.182. The maximum atomic E-state index is 10.0. The van der Waals surface area contributed by atoms with Crippen LogP contribution in [0.4, 0.5) is 0 Å². The third-order valence-electron chi connectivity index (χ3n) is 0.469. The largest absolute Gasteiger partial charge is 0.547 e. The fourth-order valence-electron chi connectivity index (χ4n) is 0.199. The summed E-state index contributed by atoms with van der Waals surface area (Å²) in [7, 11) is 0. The molecule has 0 bridgehead atoms. The molecule has 0 aromatic carbocycles. The fourth-order valence-corrected chi connectivity index (χ4v) is 0.199. The average molecular weight is 123 g/mol. The van der Waals surface area contributed by atoms with Crippen LogP contribution in [0, 0.1) is 5.21 Å². The van der Waals surface area contributed by atoms with E-state index in [1.54, 1.807) is 6.92 Å². The van der Waals surface area contributed by atoms with Gasteiger partial charge in [-0.15, -0.1) is 0 Å². The maximum Gasteiger partial charge on any atom is 0.111 e. The van der Waals surface area contributed by atoms with Crippen LogP contribution in [0.2, 0.25) is 0 Å². The van der Waals surface area contributed by atoms with Crippen LogP contribution in [-0.2, 0) is 4.84 Å². The molecule has 0 saturated carbocycles. The molecule has 0 aromatic heterocycles. The van der Waals surface area contributed by atoms with Crippen LogP contribution in [0.5, 0.6) is 0 Å². The van der Waals surface area contributed by atoms with E-state index in [0.717, 1.165) is 0 Å². The molecule has 2 unspecified atom stereocenters. The summed E-state index contributed by atoms with van der Waals surface area (Å²) in [5, 5.41) is 16.1. The van der Waals surface area contributed by atoms with Gasteiger partial charge in [0.05, 0.1) is 0 Å². The van der Waals surface area contributed by atoms with E-state index in [-0.39, 0.29) is 6.61 Å². The number of hydrogen-bond donors (Lipinski definition) is 3. The van der Waals surface area contributed by atoms with Crippen molar-refractivity contribution in [1.29, 1.82) is 0 Å². The van der Waals surface area contributed by atoms with Crippen molar-refractivity contribution in [3.63, 3.8) is 0 Å². The summed E-state index contributed by atoms with van der Waals surface area (Å²) in [4.78, 5) is 4.19. The van der Waals surface area contributed by atoms with E-state index in [4.69, 9.17) is 11.0 Å². The van der Waals surface area contributed by atoms with Crippen molar-refractivity contribution in [3.8, 4) is 0 Å². The van der Waals surface area contributed by atoms with E-state index in [9.17, 15) is 5.21 Å². The molecule has 0 radical (unpaired) electrons. The Morgan fingerprint density at radius 1 is 1.88 bits per heavy atom. The minimum Gasteiger partial charge on any atom is -0.547 e. The maximum absolute atomic E-state index is 10.0. The van der Waals surface area contributed by atoms with E-state index in [2.05, 4.69) is 4.84 Å². The molecule has 0 saturated heterocycles. The highest BCUT2D eigenvalue weighted by atomic mass is 17.0. The lowest BCUT2D eigenvalue weighted by Gasteiger charge is -2.22. The number of hydrogen-bond acceptors (Lipinski definition) is 3. The molecule has 0 fully saturated rings. The third-order valence-corrected chi connectivity index (χ3v) is 0.469. The molecule has 50 valence electrons. The van der Waals surface area contributed by atoms with Gasteiger partial charge in [0.15, 0.2) is 0 Å². The molecule has 0 spiro atoms. The summed E-state index contributed by atoms with van der Waals surface area (Å²) in [5.41, 5.74) is 0. The second kappa shape index (κ2) is 3.72. The summed E-state index contributed by atoms with van der Waals surface area (Å²) < 4.78 is 0. The van der Waals surface area contributed by atoms with Gasteiger partial charge in [-0.25, -0.2) is 0 Å². The fraction of sp³-hybridized carbons (Fsp3) is 1.00. The summed E-state index contributed by atoms with van der Waals surface area (Å²) in [6.07, 6.45) is 0. The first-order chi connectivity index (χ1) is 3.68. The van der Waals surface area contributed by atoms with Gasteiger partial charge in [-0.05, 0) is 6.92 Å². The lowest BCUT2D eigenvalue weighted by Crippen LogP contribution is -3.53. The first-order valence-corrected chi connectivity index (χ1v) is 2.13. The van der Waals surface area contributed by atoms with Gasteiger partial charge >= 0.3 is 0 Å². The highest BCUT2D eigenvalue weighted by Crippen LogP contribution is 1.47. The van der Waals surface area contributed by atoms with Gasteiger partial charge in [0, 0.05) is 0 Å². The normalized spacial score (nSPS) is 18.0.